The Hall–Kier alpha value is -1.06. The van der Waals surface area contributed by atoms with Crippen LogP contribution < -0.4 is 0 Å². The van der Waals surface area contributed by atoms with Crippen molar-refractivity contribution in [3.8, 4) is 0 Å². The van der Waals surface area contributed by atoms with E-state index in [0.717, 1.165) is 19.5 Å². The standard InChI is InChI=1S/C12H19NO3/c14-11(7-9-1-2-9)13-6-5-10(8-13)3-4-12(15)16/h9-10H,1-8H2,(H,15,16). The van der Waals surface area contributed by atoms with Crippen LogP contribution in [0, 0.1) is 11.8 Å². The largest absolute Gasteiger partial charge is 0.481 e. The summed E-state index contributed by atoms with van der Waals surface area (Å²) in [4.78, 5) is 24.2. The van der Waals surface area contributed by atoms with Crippen LogP contribution in [0.1, 0.15) is 38.5 Å². The maximum Gasteiger partial charge on any atom is 0.303 e. The van der Waals surface area contributed by atoms with Crippen LogP contribution in [0.2, 0.25) is 0 Å². The molecule has 4 nitrogen and oxygen atoms in total. The van der Waals surface area contributed by atoms with Gasteiger partial charge in [0.05, 0.1) is 0 Å². The predicted molar refractivity (Wildman–Crippen MR) is 58.9 cm³/mol. The van der Waals surface area contributed by atoms with Gasteiger partial charge in [-0.1, -0.05) is 0 Å². The normalized spacial score (nSPS) is 24.8. The molecule has 2 fully saturated rings. The summed E-state index contributed by atoms with van der Waals surface area (Å²) < 4.78 is 0. The number of carboxylic acid groups (broad SMARTS) is 1. The molecular formula is C12H19NO3. The monoisotopic (exact) mass is 225 g/mol. The lowest BCUT2D eigenvalue weighted by molar-refractivity contribution is -0.137. The van der Waals surface area contributed by atoms with Crippen LogP contribution in [-0.2, 0) is 9.59 Å². The van der Waals surface area contributed by atoms with Crippen molar-refractivity contribution in [2.24, 2.45) is 11.8 Å². The van der Waals surface area contributed by atoms with Gasteiger partial charge in [-0.15, -0.1) is 0 Å². The molecule has 0 aromatic heterocycles. The molecule has 90 valence electrons. The number of nitrogens with zero attached hydrogens (tertiary/aromatic N) is 1. The molecule has 0 aromatic carbocycles. The van der Waals surface area contributed by atoms with Gasteiger partial charge in [-0.25, -0.2) is 0 Å². The molecule has 1 aliphatic carbocycles. The van der Waals surface area contributed by atoms with Crippen molar-refractivity contribution < 1.29 is 14.7 Å². The van der Waals surface area contributed by atoms with E-state index in [1.807, 2.05) is 4.90 Å². The summed E-state index contributed by atoms with van der Waals surface area (Å²) in [6.07, 6.45) is 5.05. The Kier molecular flexibility index (Phi) is 3.46. The Morgan fingerprint density at radius 1 is 1.19 bits per heavy atom. The van der Waals surface area contributed by atoms with Crippen LogP contribution in [0.3, 0.4) is 0 Å². The highest BCUT2D eigenvalue weighted by molar-refractivity contribution is 5.77. The van der Waals surface area contributed by atoms with Crippen LogP contribution in [-0.4, -0.2) is 35.0 Å². The van der Waals surface area contributed by atoms with Crippen molar-refractivity contribution in [1.82, 2.24) is 4.90 Å². The average molecular weight is 225 g/mol. The molecule has 1 aliphatic heterocycles. The van der Waals surface area contributed by atoms with Gasteiger partial charge in [0, 0.05) is 25.9 Å². The fourth-order valence-electron chi connectivity index (χ4n) is 2.32. The third-order valence-corrected chi connectivity index (χ3v) is 3.57. The van der Waals surface area contributed by atoms with Gasteiger partial charge in [0.15, 0.2) is 0 Å². The minimum Gasteiger partial charge on any atom is -0.481 e. The van der Waals surface area contributed by atoms with Gasteiger partial charge in [-0.3, -0.25) is 9.59 Å². The molecule has 1 saturated heterocycles. The Balaban J connectivity index is 1.69. The minimum atomic E-state index is -0.734. The maximum absolute atomic E-state index is 11.8. The summed E-state index contributed by atoms with van der Waals surface area (Å²) in [5, 5.41) is 8.60. The van der Waals surface area contributed by atoms with Crippen molar-refractivity contribution >= 4 is 11.9 Å². The van der Waals surface area contributed by atoms with E-state index in [-0.39, 0.29) is 12.3 Å². The first-order valence-electron chi connectivity index (χ1n) is 6.14. The average Bonchev–Trinajstić information content (AvgIpc) is 2.92. The first-order valence-corrected chi connectivity index (χ1v) is 6.14. The SMILES string of the molecule is O=C(O)CCC1CCN(C(=O)CC2CC2)C1. The summed E-state index contributed by atoms with van der Waals surface area (Å²) in [5.74, 6) is 0.591. The van der Waals surface area contributed by atoms with E-state index < -0.39 is 5.97 Å². The van der Waals surface area contributed by atoms with E-state index in [1.54, 1.807) is 0 Å². The van der Waals surface area contributed by atoms with Crippen molar-refractivity contribution in [1.29, 1.82) is 0 Å². The molecule has 0 bridgehead atoms. The van der Waals surface area contributed by atoms with Gasteiger partial charge in [0.25, 0.3) is 0 Å². The highest BCUT2D eigenvalue weighted by Gasteiger charge is 2.30. The van der Waals surface area contributed by atoms with Gasteiger partial charge in [-0.05, 0) is 37.5 Å². The fraction of sp³-hybridized carbons (Fsp3) is 0.833. The zero-order chi connectivity index (χ0) is 11.5. The molecule has 0 spiro atoms. The van der Waals surface area contributed by atoms with Crippen LogP contribution in [0.15, 0.2) is 0 Å². The van der Waals surface area contributed by atoms with E-state index in [0.29, 0.717) is 24.7 Å². The van der Waals surface area contributed by atoms with E-state index in [9.17, 15) is 9.59 Å². The van der Waals surface area contributed by atoms with Crippen LogP contribution in [0.4, 0.5) is 0 Å². The van der Waals surface area contributed by atoms with Crippen LogP contribution in [0.5, 0.6) is 0 Å². The van der Waals surface area contributed by atoms with E-state index in [1.165, 1.54) is 12.8 Å². The zero-order valence-electron chi connectivity index (χ0n) is 9.52. The summed E-state index contributed by atoms with van der Waals surface area (Å²) in [6, 6.07) is 0. The first kappa shape index (κ1) is 11.4. The van der Waals surface area contributed by atoms with E-state index in [4.69, 9.17) is 5.11 Å². The highest BCUT2D eigenvalue weighted by Crippen LogP contribution is 2.33. The molecule has 0 aromatic rings. The fourth-order valence-corrected chi connectivity index (χ4v) is 2.32. The topological polar surface area (TPSA) is 57.6 Å². The number of likely N-dealkylation sites (tertiary alicyclic amines) is 1. The number of carbonyl (C=O) groups excluding carboxylic acids is 1. The number of rotatable bonds is 5. The molecule has 1 saturated carbocycles. The van der Waals surface area contributed by atoms with Crippen molar-refractivity contribution in [3.63, 3.8) is 0 Å². The molecule has 1 atom stereocenters. The number of amides is 1. The lowest BCUT2D eigenvalue weighted by Crippen LogP contribution is -2.28. The number of carbonyl (C=O) groups is 2. The molecular weight excluding hydrogens is 206 g/mol. The van der Waals surface area contributed by atoms with Gasteiger partial charge in [-0.2, -0.15) is 0 Å². The molecule has 0 radical (unpaired) electrons. The van der Waals surface area contributed by atoms with Crippen molar-refractivity contribution in [3.05, 3.63) is 0 Å². The molecule has 16 heavy (non-hydrogen) atoms. The second-order valence-corrected chi connectivity index (χ2v) is 5.07. The number of hydrogen-bond donors (Lipinski definition) is 1. The Morgan fingerprint density at radius 2 is 1.94 bits per heavy atom. The molecule has 2 rings (SSSR count). The quantitative estimate of drug-likeness (QED) is 0.771. The summed E-state index contributed by atoms with van der Waals surface area (Å²) in [5.41, 5.74) is 0. The molecule has 2 aliphatic rings. The van der Waals surface area contributed by atoms with Gasteiger partial charge in [0.2, 0.25) is 5.91 Å². The van der Waals surface area contributed by atoms with Crippen LogP contribution in [0.25, 0.3) is 0 Å². The van der Waals surface area contributed by atoms with Crippen LogP contribution >= 0.6 is 0 Å². The predicted octanol–water partition coefficient (Wildman–Crippen LogP) is 1.50. The molecule has 4 heteroatoms. The van der Waals surface area contributed by atoms with E-state index in [2.05, 4.69) is 0 Å². The third-order valence-electron chi connectivity index (χ3n) is 3.57. The second kappa shape index (κ2) is 4.85. The lowest BCUT2D eigenvalue weighted by Gasteiger charge is -2.16. The molecule has 1 heterocycles. The Morgan fingerprint density at radius 3 is 2.56 bits per heavy atom. The highest BCUT2D eigenvalue weighted by atomic mass is 16.4. The van der Waals surface area contributed by atoms with Gasteiger partial charge >= 0.3 is 5.97 Å². The summed E-state index contributed by atoms with van der Waals surface area (Å²) in [7, 11) is 0. The second-order valence-electron chi connectivity index (χ2n) is 5.07. The van der Waals surface area contributed by atoms with Gasteiger partial charge < -0.3 is 10.0 Å². The van der Waals surface area contributed by atoms with Gasteiger partial charge in [0.1, 0.15) is 0 Å². The molecule has 1 N–H and O–H groups in total. The third kappa shape index (κ3) is 3.22. The summed E-state index contributed by atoms with van der Waals surface area (Å²) in [6.45, 7) is 1.61. The molecule has 1 amide bonds. The number of hydrogen-bond acceptors (Lipinski definition) is 2. The Bertz CT molecular complexity index is 286. The Labute approximate surface area is 95.6 Å². The van der Waals surface area contributed by atoms with Crippen molar-refractivity contribution in [2.75, 3.05) is 13.1 Å². The number of carboxylic acids is 1. The lowest BCUT2D eigenvalue weighted by atomic mass is 10.0. The van der Waals surface area contributed by atoms with Crippen molar-refractivity contribution in [2.45, 2.75) is 38.5 Å². The zero-order valence-corrected chi connectivity index (χ0v) is 9.52. The number of aliphatic carboxylic acids is 1. The maximum atomic E-state index is 11.8. The smallest absolute Gasteiger partial charge is 0.303 e. The first-order chi connectivity index (χ1) is 7.65. The van der Waals surface area contributed by atoms with E-state index >= 15 is 0 Å². The summed E-state index contributed by atoms with van der Waals surface area (Å²) >= 11 is 0. The minimum absolute atomic E-state index is 0.231. The molecule has 1 unspecified atom stereocenters.